The Bertz CT molecular complexity index is 1140. The highest BCUT2D eigenvalue weighted by Gasteiger charge is 2.21. The molecule has 2 aromatic carbocycles. The van der Waals surface area contributed by atoms with E-state index in [1.165, 1.54) is 17.1 Å². The topological polar surface area (TPSA) is 60.3 Å². The third-order valence-corrected chi connectivity index (χ3v) is 4.11. The zero-order valence-corrected chi connectivity index (χ0v) is 17.3. The van der Waals surface area contributed by atoms with Crippen LogP contribution in [0, 0.1) is 18.8 Å². The molecule has 0 unspecified atom stereocenters. The zero-order chi connectivity index (χ0) is 21.2. The molecule has 5 heteroatoms. The predicted octanol–water partition coefficient (Wildman–Crippen LogP) is 5.09. The number of aryl methyl sites for hydroxylation is 1. The molecule has 0 fully saturated rings. The molecule has 0 bridgehead atoms. The first kappa shape index (κ1) is 20.2. The lowest BCUT2D eigenvalue weighted by Gasteiger charge is -2.19. The van der Waals surface area contributed by atoms with E-state index in [4.69, 9.17) is 4.74 Å². The molecule has 0 radical (unpaired) electrons. The Kier molecular flexibility index (Phi) is 5.47. The normalized spacial score (nSPS) is 10.9. The van der Waals surface area contributed by atoms with E-state index in [1.54, 1.807) is 6.20 Å². The van der Waals surface area contributed by atoms with E-state index in [0.29, 0.717) is 11.2 Å². The van der Waals surface area contributed by atoms with Gasteiger partial charge in [-0.05, 0) is 58.0 Å². The van der Waals surface area contributed by atoms with Crippen LogP contribution in [-0.4, -0.2) is 22.2 Å². The van der Waals surface area contributed by atoms with Gasteiger partial charge in [-0.25, -0.2) is 4.79 Å². The number of hydrogen-bond acceptors (Lipinski definition) is 3. The summed E-state index contributed by atoms with van der Waals surface area (Å²) >= 11 is 0. The van der Waals surface area contributed by atoms with Crippen molar-refractivity contribution in [1.82, 2.24) is 4.57 Å². The van der Waals surface area contributed by atoms with E-state index in [9.17, 15) is 9.59 Å². The van der Waals surface area contributed by atoms with Gasteiger partial charge in [0, 0.05) is 29.6 Å². The molecule has 1 amide bonds. The number of amides is 1. The molecule has 0 saturated carbocycles. The minimum Gasteiger partial charge on any atom is -0.443 e. The first-order valence-corrected chi connectivity index (χ1v) is 9.37. The monoisotopic (exact) mass is 388 g/mol. The molecular weight excluding hydrogens is 364 g/mol. The number of nitrogens with zero attached hydrogens (tertiary/aromatic N) is 1. The molecule has 0 saturated heterocycles. The highest BCUT2D eigenvalue weighted by molar-refractivity contribution is 6.04. The third-order valence-electron chi connectivity index (χ3n) is 4.11. The van der Waals surface area contributed by atoms with Crippen molar-refractivity contribution in [3.63, 3.8) is 0 Å². The highest BCUT2D eigenvalue weighted by Crippen LogP contribution is 2.28. The quantitative estimate of drug-likeness (QED) is 0.591. The number of nitrogens with one attached hydrogen (secondary N) is 1. The Balaban J connectivity index is 2.03. The minimum absolute atomic E-state index is 0.218. The molecule has 1 aromatic heterocycles. The first-order valence-electron chi connectivity index (χ1n) is 9.37. The van der Waals surface area contributed by atoms with Crippen molar-refractivity contribution in [2.24, 2.45) is 0 Å². The van der Waals surface area contributed by atoms with Gasteiger partial charge in [0.15, 0.2) is 0 Å². The molecule has 1 N–H and O–H groups in total. The summed E-state index contributed by atoms with van der Waals surface area (Å²) in [5.74, 6) is 6.06. The van der Waals surface area contributed by atoms with Crippen molar-refractivity contribution in [3.05, 3.63) is 65.4 Å². The van der Waals surface area contributed by atoms with Gasteiger partial charge in [-0.1, -0.05) is 29.5 Å². The van der Waals surface area contributed by atoms with Gasteiger partial charge in [0.1, 0.15) is 5.60 Å². The van der Waals surface area contributed by atoms with Crippen LogP contribution >= 0.6 is 0 Å². The molecule has 0 spiro atoms. The Hall–Kier alpha value is -3.52. The maximum Gasteiger partial charge on any atom is 0.419 e. The van der Waals surface area contributed by atoms with Gasteiger partial charge >= 0.3 is 6.09 Å². The lowest BCUT2D eigenvalue weighted by Crippen LogP contribution is -2.26. The lowest BCUT2D eigenvalue weighted by atomic mass is 10.1. The second kappa shape index (κ2) is 7.84. The molecule has 0 aliphatic rings. The van der Waals surface area contributed by atoms with Crippen molar-refractivity contribution in [3.8, 4) is 11.8 Å². The van der Waals surface area contributed by atoms with Gasteiger partial charge in [-0.15, -0.1) is 0 Å². The fourth-order valence-electron chi connectivity index (χ4n) is 2.84. The highest BCUT2D eigenvalue weighted by atomic mass is 16.6. The summed E-state index contributed by atoms with van der Waals surface area (Å²) in [7, 11) is 0. The van der Waals surface area contributed by atoms with Gasteiger partial charge in [0.25, 0.3) is 0 Å². The molecule has 148 valence electrons. The molecular formula is C24H24N2O3. The summed E-state index contributed by atoms with van der Waals surface area (Å²) in [5, 5.41) is 3.50. The van der Waals surface area contributed by atoms with E-state index >= 15 is 0 Å². The van der Waals surface area contributed by atoms with Gasteiger partial charge < -0.3 is 10.1 Å². The van der Waals surface area contributed by atoms with E-state index in [2.05, 4.69) is 17.2 Å². The summed E-state index contributed by atoms with van der Waals surface area (Å²) < 4.78 is 6.88. The van der Waals surface area contributed by atoms with Gasteiger partial charge in [0.2, 0.25) is 5.91 Å². The van der Waals surface area contributed by atoms with Crippen LogP contribution in [0.15, 0.2) is 48.7 Å². The molecule has 0 aliphatic heterocycles. The number of rotatable bonds is 1. The van der Waals surface area contributed by atoms with Crippen LogP contribution in [0.2, 0.25) is 0 Å². The Labute approximate surface area is 170 Å². The van der Waals surface area contributed by atoms with E-state index in [0.717, 1.165) is 16.5 Å². The molecule has 0 aliphatic carbocycles. The van der Waals surface area contributed by atoms with Crippen molar-refractivity contribution in [1.29, 1.82) is 0 Å². The Morgan fingerprint density at radius 3 is 2.24 bits per heavy atom. The zero-order valence-electron chi connectivity index (χ0n) is 17.3. The van der Waals surface area contributed by atoms with E-state index in [1.807, 2.05) is 70.2 Å². The second-order valence-corrected chi connectivity index (χ2v) is 7.92. The van der Waals surface area contributed by atoms with Gasteiger partial charge in [0.05, 0.1) is 11.2 Å². The molecule has 5 nitrogen and oxygen atoms in total. The van der Waals surface area contributed by atoms with Crippen molar-refractivity contribution in [2.75, 3.05) is 5.32 Å². The van der Waals surface area contributed by atoms with Crippen molar-refractivity contribution in [2.45, 2.75) is 40.2 Å². The average Bonchev–Trinajstić information content (AvgIpc) is 2.97. The number of ether oxygens (including phenoxy) is 1. The molecule has 0 atom stereocenters. The Morgan fingerprint density at radius 2 is 1.62 bits per heavy atom. The number of fused-ring (bicyclic) bond motifs is 1. The minimum atomic E-state index is -0.624. The van der Waals surface area contributed by atoms with E-state index in [-0.39, 0.29) is 5.91 Å². The van der Waals surface area contributed by atoms with Gasteiger partial charge in [-0.2, -0.15) is 0 Å². The maximum absolute atomic E-state index is 12.6. The van der Waals surface area contributed by atoms with Crippen LogP contribution in [0.4, 0.5) is 10.5 Å². The summed E-state index contributed by atoms with van der Waals surface area (Å²) in [5.41, 5.74) is 3.44. The lowest BCUT2D eigenvalue weighted by molar-refractivity contribution is -0.114. The fourth-order valence-corrected chi connectivity index (χ4v) is 2.84. The van der Waals surface area contributed by atoms with Crippen LogP contribution < -0.4 is 5.32 Å². The maximum atomic E-state index is 12.6. The van der Waals surface area contributed by atoms with Crippen LogP contribution in [0.25, 0.3) is 10.9 Å². The summed E-state index contributed by atoms with van der Waals surface area (Å²) in [4.78, 5) is 24.2. The molecule has 1 heterocycles. The number of aromatic nitrogens is 1. The van der Waals surface area contributed by atoms with Crippen LogP contribution in [0.1, 0.15) is 44.4 Å². The van der Waals surface area contributed by atoms with Crippen molar-refractivity contribution >= 4 is 28.6 Å². The third kappa shape index (κ3) is 5.05. The van der Waals surface area contributed by atoms with Crippen molar-refractivity contribution < 1.29 is 14.3 Å². The van der Waals surface area contributed by atoms with Crippen LogP contribution in [0.3, 0.4) is 0 Å². The smallest absolute Gasteiger partial charge is 0.419 e. The second-order valence-electron chi connectivity index (χ2n) is 7.92. The predicted molar refractivity (Wildman–Crippen MR) is 115 cm³/mol. The van der Waals surface area contributed by atoms with Gasteiger partial charge in [-0.3, -0.25) is 9.36 Å². The summed E-state index contributed by atoms with van der Waals surface area (Å²) in [6.07, 6.45) is 1.08. The first-order chi connectivity index (χ1) is 13.6. The molecule has 29 heavy (non-hydrogen) atoms. The largest absolute Gasteiger partial charge is 0.443 e. The average molecular weight is 388 g/mol. The fraction of sp³-hybridized carbons (Fsp3) is 0.250. The van der Waals surface area contributed by atoms with E-state index < -0.39 is 11.7 Å². The molecule has 3 aromatic rings. The Morgan fingerprint density at radius 1 is 1.00 bits per heavy atom. The SMILES string of the molecule is CC(=O)Nc1cn(C(=O)OC(C)(C)C)c2ccc(C#Cc3ccc(C)cc3)cc12. The van der Waals surface area contributed by atoms with Crippen LogP contribution in [0.5, 0.6) is 0 Å². The number of carbonyl (C=O) groups excluding carboxylic acids is 2. The van der Waals surface area contributed by atoms with Crippen LogP contribution in [-0.2, 0) is 9.53 Å². The summed E-state index contributed by atoms with van der Waals surface area (Å²) in [6, 6.07) is 13.5. The number of hydrogen-bond donors (Lipinski definition) is 1. The standard InChI is InChI=1S/C24H24N2O3/c1-16-6-8-18(9-7-16)10-11-19-12-13-22-20(14-19)21(25-17(2)27)15-26(22)23(28)29-24(3,4)5/h6-9,12-15H,1-5H3,(H,25,27). The number of anilines is 1. The number of benzene rings is 2. The molecule has 3 rings (SSSR count). The number of carbonyl (C=O) groups is 2. The summed E-state index contributed by atoms with van der Waals surface area (Å²) in [6.45, 7) is 8.89.